The monoisotopic (exact) mass is 162 g/mol. The van der Waals surface area contributed by atoms with E-state index in [0.717, 1.165) is 8.87 Å². The van der Waals surface area contributed by atoms with Gasteiger partial charge in [-0.05, 0) is 0 Å². The van der Waals surface area contributed by atoms with Crippen LogP contribution in [0.4, 0.5) is 0 Å². The Morgan fingerprint density at radius 3 is 2.00 bits per heavy atom. The van der Waals surface area contributed by atoms with Crippen molar-refractivity contribution in [2.75, 3.05) is 0 Å². The Morgan fingerprint density at radius 2 is 1.86 bits per heavy atom. The summed E-state index contributed by atoms with van der Waals surface area (Å²) in [6.07, 6.45) is 0. The van der Waals surface area contributed by atoms with Crippen LogP contribution in [0.25, 0.3) is 0 Å². The summed E-state index contributed by atoms with van der Waals surface area (Å²) in [6.45, 7) is 3.88. The van der Waals surface area contributed by atoms with Gasteiger partial charge in [-0.1, -0.05) is 0 Å². The molecule has 0 saturated carbocycles. The van der Waals surface area contributed by atoms with Gasteiger partial charge >= 0.3 is 52.1 Å². The molecule has 1 heterocycles. The number of aryl methyl sites for hydroxylation is 2. The van der Waals surface area contributed by atoms with E-state index in [9.17, 15) is 0 Å². The molecule has 0 aromatic carbocycles. The van der Waals surface area contributed by atoms with Crippen molar-refractivity contribution in [1.82, 2.24) is 0 Å². The normalized spacial score (nSPS) is 13.4. The molecule has 0 amide bonds. The first-order valence-electron chi connectivity index (χ1n) is 3.16. The van der Waals surface area contributed by atoms with Gasteiger partial charge in [0.25, 0.3) is 0 Å². The number of rotatable bonds is 0. The van der Waals surface area contributed by atoms with Crippen molar-refractivity contribution in [2.24, 2.45) is 0 Å². The zero-order chi connectivity index (χ0) is 7.02. The standard InChI is InChI=1S/C6H8Se/c1-5-3-4-6(2)7-5/h3-4H,1-2H3/i3D,4D. The van der Waals surface area contributed by atoms with Crippen molar-refractivity contribution in [1.29, 1.82) is 0 Å². The van der Waals surface area contributed by atoms with Crippen molar-refractivity contribution in [3.05, 3.63) is 21.0 Å². The van der Waals surface area contributed by atoms with Gasteiger partial charge in [0, 0.05) is 0 Å². The van der Waals surface area contributed by atoms with Crippen molar-refractivity contribution in [2.45, 2.75) is 13.8 Å². The van der Waals surface area contributed by atoms with Gasteiger partial charge in [-0.15, -0.1) is 0 Å². The van der Waals surface area contributed by atoms with Gasteiger partial charge in [0.2, 0.25) is 0 Å². The van der Waals surface area contributed by atoms with Crippen LogP contribution in [0.2, 0.25) is 0 Å². The summed E-state index contributed by atoms with van der Waals surface area (Å²) >= 11 is 0.314. The molecule has 0 atom stereocenters. The summed E-state index contributed by atoms with van der Waals surface area (Å²) in [4.78, 5) is 0. The Balaban J connectivity index is 3.29. The van der Waals surface area contributed by atoms with Crippen LogP contribution in [0.1, 0.15) is 11.6 Å². The third kappa shape index (κ3) is 1.18. The molecule has 38 valence electrons. The molecule has 0 aliphatic heterocycles. The topological polar surface area (TPSA) is 0 Å². The van der Waals surface area contributed by atoms with E-state index >= 15 is 0 Å². The fourth-order valence-corrected chi connectivity index (χ4v) is 1.85. The van der Waals surface area contributed by atoms with Gasteiger partial charge in [-0.25, -0.2) is 0 Å². The molecule has 0 fully saturated rings. The zero-order valence-corrected chi connectivity index (χ0v) is 6.12. The first-order chi connectivity index (χ1) is 4.13. The summed E-state index contributed by atoms with van der Waals surface area (Å²) < 4.78 is 16.8. The maximum absolute atomic E-state index is 7.32. The fraction of sp³-hybridized carbons (Fsp3) is 0.333. The molecule has 7 heavy (non-hydrogen) atoms. The van der Waals surface area contributed by atoms with Crippen LogP contribution in [-0.4, -0.2) is 14.5 Å². The van der Waals surface area contributed by atoms with Crippen LogP contribution in [0.15, 0.2) is 12.1 Å². The van der Waals surface area contributed by atoms with E-state index in [2.05, 4.69) is 0 Å². The third-order valence-electron chi connectivity index (χ3n) is 0.721. The van der Waals surface area contributed by atoms with Crippen molar-refractivity contribution < 1.29 is 2.74 Å². The van der Waals surface area contributed by atoms with Gasteiger partial charge in [-0.3, -0.25) is 0 Å². The first kappa shape index (κ1) is 3.11. The minimum absolute atomic E-state index is 0.314. The molecular weight excluding hydrogens is 151 g/mol. The molecule has 0 nitrogen and oxygen atoms in total. The molecule has 0 bridgehead atoms. The number of hydrogen-bond acceptors (Lipinski definition) is 0. The fourth-order valence-electron chi connectivity index (χ4n) is 0.457. The molecule has 1 aromatic rings. The molecule has 1 aromatic heterocycles. The van der Waals surface area contributed by atoms with E-state index < -0.39 is 0 Å². The van der Waals surface area contributed by atoms with E-state index in [4.69, 9.17) is 2.74 Å². The second-order valence-corrected chi connectivity index (χ2v) is 4.46. The predicted octanol–water partition coefficient (Wildman–Crippen LogP) is 1.36. The summed E-state index contributed by atoms with van der Waals surface area (Å²) in [5.74, 6) is 0. The van der Waals surface area contributed by atoms with Crippen LogP contribution in [0.5, 0.6) is 0 Å². The Labute approximate surface area is 52.7 Å². The van der Waals surface area contributed by atoms with E-state index in [0.29, 0.717) is 26.6 Å². The van der Waals surface area contributed by atoms with Crippen LogP contribution < -0.4 is 0 Å². The summed E-state index contributed by atoms with van der Waals surface area (Å²) in [5, 5.41) is 0. The van der Waals surface area contributed by atoms with E-state index in [-0.39, 0.29) is 0 Å². The SMILES string of the molecule is [2H]c1c(C)[se]c(C)c1[2H]. The van der Waals surface area contributed by atoms with Crippen LogP contribution >= 0.6 is 0 Å². The first-order valence-corrected chi connectivity index (χ1v) is 3.87. The zero-order valence-electron chi connectivity index (χ0n) is 6.41. The van der Waals surface area contributed by atoms with E-state index in [1.54, 1.807) is 0 Å². The second-order valence-electron chi connectivity index (χ2n) is 1.46. The second kappa shape index (κ2) is 1.85. The van der Waals surface area contributed by atoms with Gasteiger partial charge in [-0.2, -0.15) is 0 Å². The molecule has 0 N–H and O–H groups in total. The van der Waals surface area contributed by atoms with Crippen LogP contribution in [0, 0.1) is 13.8 Å². The maximum atomic E-state index is 7.32. The summed E-state index contributed by atoms with van der Waals surface area (Å²) in [6, 6.07) is 0.903. The van der Waals surface area contributed by atoms with Crippen molar-refractivity contribution in [3.63, 3.8) is 0 Å². The average molecular weight is 161 g/mol. The third-order valence-corrected chi connectivity index (χ3v) is 2.43. The Bertz CT molecular complexity index is 205. The van der Waals surface area contributed by atoms with Gasteiger partial charge in [0.05, 0.1) is 0 Å². The molecule has 0 unspecified atom stereocenters. The van der Waals surface area contributed by atoms with E-state index in [1.807, 2.05) is 13.8 Å². The molecule has 0 aliphatic rings. The van der Waals surface area contributed by atoms with Crippen LogP contribution in [0.3, 0.4) is 0 Å². The molecule has 0 saturated heterocycles. The molecule has 0 radical (unpaired) electrons. The predicted molar refractivity (Wildman–Crippen MR) is 32.9 cm³/mol. The minimum atomic E-state index is 0.314. The van der Waals surface area contributed by atoms with Crippen molar-refractivity contribution >= 4 is 14.5 Å². The Hall–Kier alpha value is -0.000519. The quantitative estimate of drug-likeness (QED) is 0.504. The molecular formula is C6H8Se. The average Bonchev–Trinajstić information content (AvgIpc) is 1.98. The van der Waals surface area contributed by atoms with Gasteiger partial charge < -0.3 is 0 Å². The molecule has 0 aliphatic carbocycles. The summed E-state index contributed by atoms with van der Waals surface area (Å²) in [5.41, 5.74) is 0. The van der Waals surface area contributed by atoms with Gasteiger partial charge in [0.1, 0.15) is 0 Å². The van der Waals surface area contributed by atoms with Crippen molar-refractivity contribution in [3.8, 4) is 0 Å². The summed E-state index contributed by atoms with van der Waals surface area (Å²) in [7, 11) is 0. The molecule has 0 spiro atoms. The molecule has 1 rings (SSSR count). The van der Waals surface area contributed by atoms with Crippen LogP contribution in [-0.2, 0) is 0 Å². The van der Waals surface area contributed by atoms with Gasteiger partial charge in [0.15, 0.2) is 0 Å². The Kier molecular flexibility index (Phi) is 0.823. The molecule has 1 heteroatoms. The number of hydrogen-bond donors (Lipinski definition) is 0. The van der Waals surface area contributed by atoms with E-state index in [1.165, 1.54) is 0 Å². The Morgan fingerprint density at radius 1 is 1.43 bits per heavy atom.